The molecule has 10 heteroatoms. The van der Waals surface area contributed by atoms with Gasteiger partial charge in [-0.1, -0.05) is 36.4 Å². The third-order valence-electron chi connectivity index (χ3n) is 5.41. The molecular formula is C24H16BrF2NO4S2. The first-order chi connectivity index (χ1) is 16.2. The van der Waals surface area contributed by atoms with E-state index in [2.05, 4.69) is 15.9 Å². The Bertz CT molecular complexity index is 1500. The van der Waals surface area contributed by atoms with Gasteiger partial charge in [0.2, 0.25) is 10.0 Å². The number of rotatable bonds is 5. The molecule has 0 saturated carbocycles. The number of thiophene rings is 1. The highest BCUT2D eigenvalue weighted by atomic mass is 79.9. The number of ether oxygens (including phenoxy) is 2. The van der Waals surface area contributed by atoms with Crippen molar-refractivity contribution in [2.75, 3.05) is 0 Å². The standard InChI is InChI=1S/C24H16BrF2NO4S2/c25-21-11-10-19(33-21)23-16-12-13(14-4-1-2-7-20(14)34(28,29)30)8-9-15(16)22-17(31-23)5-3-6-18(22)32-24(26)27/h1-12,23-24H,(H2,28,29,30). The molecule has 4 aromatic rings. The third kappa shape index (κ3) is 4.22. The van der Waals surface area contributed by atoms with Crippen LogP contribution in [0.25, 0.3) is 22.3 Å². The molecule has 1 unspecified atom stereocenters. The fourth-order valence-corrected chi connectivity index (χ4v) is 6.30. The van der Waals surface area contributed by atoms with Crippen LogP contribution in [0, 0.1) is 0 Å². The van der Waals surface area contributed by atoms with Crippen molar-refractivity contribution in [3.05, 3.63) is 87.0 Å². The Balaban J connectivity index is 1.75. The molecule has 2 N–H and O–H groups in total. The number of fused-ring (bicyclic) bond motifs is 3. The van der Waals surface area contributed by atoms with Crippen molar-refractivity contribution in [3.63, 3.8) is 0 Å². The first kappa shape index (κ1) is 23.0. The minimum absolute atomic E-state index is 0.00255. The second-order valence-electron chi connectivity index (χ2n) is 7.49. The second-order valence-corrected chi connectivity index (χ2v) is 11.5. The Labute approximate surface area is 206 Å². The van der Waals surface area contributed by atoms with Crippen molar-refractivity contribution in [2.45, 2.75) is 17.6 Å². The molecule has 0 fully saturated rings. The summed E-state index contributed by atoms with van der Waals surface area (Å²) >= 11 is 4.95. The number of sulfonamides is 1. The van der Waals surface area contributed by atoms with Gasteiger partial charge in [0.25, 0.3) is 0 Å². The van der Waals surface area contributed by atoms with Gasteiger partial charge in [-0.2, -0.15) is 8.78 Å². The molecule has 174 valence electrons. The van der Waals surface area contributed by atoms with Crippen LogP contribution in [0.2, 0.25) is 0 Å². The normalized spacial score (nSPS) is 14.9. The van der Waals surface area contributed by atoms with Crippen LogP contribution in [0.5, 0.6) is 11.5 Å². The highest BCUT2D eigenvalue weighted by Crippen LogP contribution is 2.51. The predicted octanol–water partition coefficient (Wildman–Crippen LogP) is 6.58. The van der Waals surface area contributed by atoms with E-state index in [1.54, 1.807) is 48.5 Å². The molecule has 1 aliphatic rings. The van der Waals surface area contributed by atoms with E-state index in [1.165, 1.54) is 23.5 Å². The topological polar surface area (TPSA) is 78.6 Å². The van der Waals surface area contributed by atoms with E-state index in [9.17, 15) is 17.2 Å². The van der Waals surface area contributed by atoms with Gasteiger partial charge in [0, 0.05) is 11.1 Å². The lowest BCUT2D eigenvalue weighted by Gasteiger charge is -2.30. The Morgan fingerprint density at radius 1 is 1.00 bits per heavy atom. The smallest absolute Gasteiger partial charge is 0.387 e. The molecular weight excluding hydrogens is 548 g/mol. The lowest BCUT2D eigenvalue weighted by molar-refractivity contribution is -0.0496. The molecule has 0 spiro atoms. The first-order valence-corrected chi connectivity index (χ1v) is 13.1. The molecule has 5 rings (SSSR count). The van der Waals surface area contributed by atoms with E-state index in [-0.39, 0.29) is 10.6 Å². The predicted molar refractivity (Wildman–Crippen MR) is 130 cm³/mol. The van der Waals surface area contributed by atoms with E-state index < -0.39 is 22.7 Å². The van der Waals surface area contributed by atoms with Crippen molar-refractivity contribution in [3.8, 4) is 33.8 Å². The maximum Gasteiger partial charge on any atom is 0.387 e. The lowest BCUT2D eigenvalue weighted by Crippen LogP contribution is -2.16. The Morgan fingerprint density at radius 3 is 2.50 bits per heavy atom. The Hall–Kier alpha value is -2.79. The average molecular weight is 564 g/mol. The lowest BCUT2D eigenvalue weighted by atomic mass is 9.88. The zero-order valence-electron chi connectivity index (χ0n) is 17.2. The zero-order chi connectivity index (χ0) is 24.0. The van der Waals surface area contributed by atoms with Gasteiger partial charge in [-0.25, -0.2) is 13.6 Å². The van der Waals surface area contributed by atoms with Gasteiger partial charge in [0.15, 0.2) is 6.10 Å². The minimum Gasteiger partial charge on any atom is -0.479 e. The molecule has 0 amide bonds. The summed E-state index contributed by atoms with van der Waals surface area (Å²) < 4.78 is 62.6. The van der Waals surface area contributed by atoms with Crippen LogP contribution in [0.3, 0.4) is 0 Å². The van der Waals surface area contributed by atoms with Gasteiger partial charge in [0.05, 0.1) is 19.1 Å². The molecule has 0 radical (unpaired) electrons. The number of alkyl halides is 2. The summed E-state index contributed by atoms with van der Waals surface area (Å²) in [6, 6.07) is 20.3. The highest BCUT2D eigenvalue weighted by molar-refractivity contribution is 9.11. The maximum absolute atomic E-state index is 13.1. The summed E-state index contributed by atoms with van der Waals surface area (Å²) in [5.41, 5.74) is 2.79. The summed E-state index contributed by atoms with van der Waals surface area (Å²) in [7, 11) is -3.97. The van der Waals surface area contributed by atoms with E-state index in [1.807, 2.05) is 12.1 Å². The quantitative estimate of drug-likeness (QED) is 0.297. The summed E-state index contributed by atoms with van der Waals surface area (Å²) in [5, 5.41) is 5.44. The number of benzene rings is 3. The first-order valence-electron chi connectivity index (χ1n) is 9.98. The van der Waals surface area contributed by atoms with Gasteiger partial charge in [-0.15, -0.1) is 11.3 Å². The summed E-state index contributed by atoms with van der Waals surface area (Å²) in [4.78, 5) is 0.875. The molecule has 0 bridgehead atoms. The van der Waals surface area contributed by atoms with Gasteiger partial charge in [0.1, 0.15) is 11.5 Å². The molecule has 1 aromatic heterocycles. The van der Waals surface area contributed by atoms with Gasteiger partial charge in [-0.05, 0) is 63.5 Å². The van der Waals surface area contributed by atoms with Crippen LogP contribution >= 0.6 is 27.3 Å². The fraction of sp³-hybridized carbons (Fsp3) is 0.0833. The number of nitrogens with two attached hydrogens (primary N) is 1. The number of hydrogen-bond donors (Lipinski definition) is 1. The molecule has 1 aliphatic heterocycles. The second kappa shape index (κ2) is 8.77. The number of halogens is 3. The molecule has 5 nitrogen and oxygen atoms in total. The molecule has 2 heterocycles. The molecule has 34 heavy (non-hydrogen) atoms. The van der Waals surface area contributed by atoms with Crippen molar-refractivity contribution < 1.29 is 26.7 Å². The van der Waals surface area contributed by atoms with Gasteiger partial charge < -0.3 is 9.47 Å². The van der Waals surface area contributed by atoms with E-state index in [4.69, 9.17) is 14.6 Å². The average Bonchev–Trinajstić information content (AvgIpc) is 3.23. The van der Waals surface area contributed by atoms with Crippen LogP contribution < -0.4 is 14.6 Å². The summed E-state index contributed by atoms with van der Waals surface area (Å²) in [5.74, 6) is 0.412. The van der Waals surface area contributed by atoms with Crippen LogP contribution in [0.1, 0.15) is 16.5 Å². The zero-order valence-corrected chi connectivity index (χ0v) is 20.5. The number of primary sulfonamides is 1. The Morgan fingerprint density at radius 2 is 1.79 bits per heavy atom. The van der Waals surface area contributed by atoms with Crippen LogP contribution in [-0.4, -0.2) is 15.0 Å². The van der Waals surface area contributed by atoms with Crippen LogP contribution in [0.15, 0.2) is 81.5 Å². The highest BCUT2D eigenvalue weighted by Gasteiger charge is 2.32. The van der Waals surface area contributed by atoms with Gasteiger partial charge >= 0.3 is 6.61 Å². The van der Waals surface area contributed by atoms with Crippen LogP contribution in [0.4, 0.5) is 8.78 Å². The van der Waals surface area contributed by atoms with Gasteiger partial charge in [-0.3, -0.25) is 0 Å². The largest absolute Gasteiger partial charge is 0.479 e. The third-order valence-corrected chi connectivity index (χ3v) is 8.05. The van der Waals surface area contributed by atoms with Crippen molar-refractivity contribution >= 4 is 37.3 Å². The summed E-state index contributed by atoms with van der Waals surface area (Å²) in [6.45, 7) is -3.00. The van der Waals surface area contributed by atoms with Crippen molar-refractivity contribution in [1.29, 1.82) is 0 Å². The monoisotopic (exact) mass is 563 g/mol. The maximum atomic E-state index is 13.1. The molecule has 1 atom stereocenters. The molecule has 0 saturated heterocycles. The molecule has 3 aromatic carbocycles. The van der Waals surface area contributed by atoms with Crippen molar-refractivity contribution in [1.82, 2.24) is 0 Å². The van der Waals surface area contributed by atoms with Crippen molar-refractivity contribution in [2.24, 2.45) is 5.14 Å². The Kier molecular flexibility index (Phi) is 5.93. The minimum atomic E-state index is -3.97. The van der Waals surface area contributed by atoms with E-state index in [0.717, 1.165) is 8.66 Å². The number of hydrogen-bond acceptors (Lipinski definition) is 5. The van der Waals surface area contributed by atoms with E-state index in [0.29, 0.717) is 33.6 Å². The SMILES string of the molecule is NS(=O)(=O)c1ccccc1-c1ccc2c(c1)C(c1ccc(Br)s1)Oc1cccc(OC(F)F)c1-2. The summed E-state index contributed by atoms with van der Waals surface area (Å²) in [6.07, 6.45) is -0.540. The molecule has 0 aliphatic carbocycles. The fourth-order valence-electron chi connectivity index (χ4n) is 4.07. The van der Waals surface area contributed by atoms with E-state index >= 15 is 0 Å². The van der Waals surface area contributed by atoms with Crippen LogP contribution in [-0.2, 0) is 10.0 Å².